The summed E-state index contributed by atoms with van der Waals surface area (Å²) in [5, 5.41) is 0. The number of hydrogen-bond donors (Lipinski definition) is 0. The fourth-order valence-corrected chi connectivity index (χ4v) is 4.74. The average molecular weight is 415 g/mol. The number of rotatable bonds is 7. The normalized spacial score (nSPS) is 12.3. The summed E-state index contributed by atoms with van der Waals surface area (Å²) in [5.74, 6) is 0.666. The van der Waals surface area contributed by atoms with Crippen molar-refractivity contribution in [2.45, 2.75) is 17.9 Å². The van der Waals surface area contributed by atoms with Crippen LogP contribution in [0, 0.1) is 5.82 Å². The number of nitrogens with zero attached hydrogens (tertiary/aromatic N) is 1. The molecule has 0 unspecified atom stereocenters. The lowest BCUT2D eigenvalue weighted by molar-refractivity contribution is 0.414. The van der Waals surface area contributed by atoms with Crippen LogP contribution in [0.5, 0.6) is 11.5 Å². The Morgan fingerprint density at radius 2 is 1.34 bits per heavy atom. The zero-order valence-corrected chi connectivity index (χ0v) is 17.2. The van der Waals surface area contributed by atoms with Crippen molar-refractivity contribution in [3.8, 4) is 11.5 Å². The lowest BCUT2D eigenvalue weighted by Gasteiger charge is -2.31. The zero-order valence-electron chi connectivity index (χ0n) is 16.4. The number of hydrogen-bond acceptors (Lipinski definition) is 4. The Hall–Kier alpha value is -3.06. The van der Waals surface area contributed by atoms with E-state index in [9.17, 15) is 12.8 Å². The molecule has 0 aliphatic carbocycles. The molecule has 152 valence electrons. The highest BCUT2D eigenvalue weighted by Gasteiger charge is 2.31. The quantitative estimate of drug-likeness (QED) is 0.556. The van der Waals surface area contributed by atoms with Crippen LogP contribution in [0.2, 0.25) is 0 Å². The highest BCUT2D eigenvalue weighted by atomic mass is 32.2. The third-order valence-corrected chi connectivity index (χ3v) is 6.56. The highest BCUT2D eigenvalue weighted by molar-refractivity contribution is 7.92. The molecule has 7 heteroatoms. The molecular weight excluding hydrogens is 393 g/mol. The van der Waals surface area contributed by atoms with Crippen LogP contribution in [-0.2, 0) is 10.0 Å². The third-order valence-electron chi connectivity index (χ3n) is 4.65. The molecule has 0 heterocycles. The van der Waals surface area contributed by atoms with Crippen molar-refractivity contribution in [2.24, 2.45) is 0 Å². The Morgan fingerprint density at radius 3 is 1.86 bits per heavy atom. The molecule has 1 atom stereocenters. The van der Waals surface area contributed by atoms with Crippen molar-refractivity contribution in [1.82, 2.24) is 0 Å². The molecular formula is C22H22FNO4S. The minimum atomic E-state index is -3.99. The van der Waals surface area contributed by atoms with E-state index in [0.717, 1.165) is 0 Å². The number of anilines is 1. The van der Waals surface area contributed by atoms with Gasteiger partial charge in [0.15, 0.2) is 0 Å². The van der Waals surface area contributed by atoms with E-state index in [-0.39, 0.29) is 10.5 Å². The first-order valence-corrected chi connectivity index (χ1v) is 10.4. The van der Waals surface area contributed by atoms with Gasteiger partial charge < -0.3 is 9.47 Å². The fourth-order valence-electron chi connectivity index (χ4n) is 3.10. The molecule has 0 spiro atoms. The topological polar surface area (TPSA) is 55.8 Å². The summed E-state index contributed by atoms with van der Waals surface area (Å²) in [6.07, 6.45) is 0. The van der Waals surface area contributed by atoms with Crippen LogP contribution in [-0.4, -0.2) is 22.6 Å². The lowest BCUT2D eigenvalue weighted by atomic mass is 10.1. The van der Waals surface area contributed by atoms with Gasteiger partial charge in [0.25, 0.3) is 10.0 Å². The molecule has 3 aromatic rings. The first kappa shape index (κ1) is 20.7. The molecule has 0 fully saturated rings. The Bertz CT molecular complexity index is 1070. The number of benzene rings is 3. The van der Waals surface area contributed by atoms with Gasteiger partial charge in [0, 0.05) is 5.56 Å². The SMILES string of the molecule is COc1ccc(N([C@@H](C)c2ccccc2F)S(=O)(=O)c2ccc(OC)cc2)cc1. The van der Waals surface area contributed by atoms with E-state index in [4.69, 9.17) is 9.47 Å². The summed E-state index contributed by atoms with van der Waals surface area (Å²) in [5.41, 5.74) is 0.678. The van der Waals surface area contributed by atoms with Crippen LogP contribution < -0.4 is 13.8 Å². The van der Waals surface area contributed by atoms with Gasteiger partial charge >= 0.3 is 0 Å². The molecule has 0 aliphatic rings. The zero-order chi connectivity index (χ0) is 21.0. The Labute approximate surface area is 170 Å². The highest BCUT2D eigenvalue weighted by Crippen LogP contribution is 2.35. The van der Waals surface area contributed by atoms with Gasteiger partial charge in [0.2, 0.25) is 0 Å². The second-order valence-electron chi connectivity index (χ2n) is 6.37. The van der Waals surface area contributed by atoms with Crippen molar-refractivity contribution in [1.29, 1.82) is 0 Å². The monoisotopic (exact) mass is 415 g/mol. The van der Waals surface area contributed by atoms with Gasteiger partial charge in [-0.05, 0) is 61.5 Å². The lowest BCUT2D eigenvalue weighted by Crippen LogP contribution is -2.34. The van der Waals surface area contributed by atoms with Crippen molar-refractivity contribution < 1.29 is 22.3 Å². The van der Waals surface area contributed by atoms with Crippen LogP contribution in [0.15, 0.2) is 77.7 Å². The number of methoxy groups -OCH3 is 2. The van der Waals surface area contributed by atoms with Crippen LogP contribution in [0.25, 0.3) is 0 Å². The molecule has 0 aliphatic heterocycles. The smallest absolute Gasteiger partial charge is 0.264 e. The summed E-state index contributed by atoms with van der Waals surface area (Å²) in [6.45, 7) is 1.66. The van der Waals surface area contributed by atoms with E-state index in [2.05, 4.69) is 0 Å². The van der Waals surface area contributed by atoms with Crippen LogP contribution in [0.4, 0.5) is 10.1 Å². The van der Waals surface area contributed by atoms with Crippen molar-refractivity contribution in [3.63, 3.8) is 0 Å². The van der Waals surface area contributed by atoms with Crippen molar-refractivity contribution in [2.75, 3.05) is 18.5 Å². The molecule has 0 saturated carbocycles. The maximum absolute atomic E-state index is 14.5. The number of halogens is 1. The van der Waals surface area contributed by atoms with E-state index in [1.54, 1.807) is 61.5 Å². The number of sulfonamides is 1. The Kier molecular flexibility index (Phi) is 6.08. The molecule has 0 radical (unpaired) electrons. The van der Waals surface area contributed by atoms with Gasteiger partial charge in [-0.15, -0.1) is 0 Å². The Balaban J connectivity index is 2.14. The molecule has 5 nitrogen and oxygen atoms in total. The Morgan fingerprint density at radius 1 is 0.828 bits per heavy atom. The van der Waals surface area contributed by atoms with Gasteiger partial charge in [0.1, 0.15) is 17.3 Å². The first-order valence-electron chi connectivity index (χ1n) is 8.95. The van der Waals surface area contributed by atoms with E-state index in [0.29, 0.717) is 17.2 Å². The van der Waals surface area contributed by atoms with Gasteiger partial charge in [-0.25, -0.2) is 12.8 Å². The van der Waals surface area contributed by atoms with E-state index >= 15 is 0 Å². The molecule has 3 rings (SSSR count). The van der Waals surface area contributed by atoms with Gasteiger partial charge in [-0.1, -0.05) is 18.2 Å². The van der Waals surface area contributed by atoms with Gasteiger partial charge in [-0.2, -0.15) is 0 Å². The molecule has 0 saturated heterocycles. The van der Waals surface area contributed by atoms with Crippen LogP contribution in [0.1, 0.15) is 18.5 Å². The second-order valence-corrected chi connectivity index (χ2v) is 8.19. The predicted octanol–water partition coefficient (Wildman–Crippen LogP) is 4.80. The average Bonchev–Trinajstić information content (AvgIpc) is 2.74. The van der Waals surface area contributed by atoms with E-state index in [1.165, 1.54) is 36.7 Å². The van der Waals surface area contributed by atoms with Gasteiger partial charge in [-0.3, -0.25) is 4.31 Å². The van der Waals surface area contributed by atoms with E-state index in [1.807, 2.05) is 0 Å². The molecule has 0 amide bonds. The van der Waals surface area contributed by atoms with Crippen molar-refractivity contribution >= 4 is 15.7 Å². The standard InChI is InChI=1S/C22H22FNO4S/c1-16(21-6-4-5-7-22(21)23)24(17-8-10-18(27-2)11-9-17)29(25,26)20-14-12-19(28-3)13-15-20/h4-16H,1-3H3/t16-/m0/s1. The van der Waals surface area contributed by atoms with Crippen LogP contribution in [0.3, 0.4) is 0 Å². The second kappa shape index (κ2) is 8.53. The summed E-state index contributed by atoms with van der Waals surface area (Å²) in [7, 11) is -0.955. The van der Waals surface area contributed by atoms with Crippen molar-refractivity contribution in [3.05, 3.63) is 84.2 Å². The van der Waals surface area contributed by atoms with Crippen LogP contribution >= 0.6 is 0 Å². The molecule has 0 N–H and O–H groups in total. The minimum absolute atomic E-state index is 0.0808. The molecule has 0 bridgehead atoms. The summed E-state index contributed by atoms with van der Waals surface area (Å²) in [6, 6.07) is 18.1. The predicted molar refractivity (Wildman–Crippen MR) is 110 cm³/mol. The summed E-state index contributed by atoms with van der Waals surface area (Å²) in [4.78, 5) is 0.0808. The maximum atomic E-state index is 14.5. The first-order chi connectivity index (χ1) is 13.9. The molecule has 29 heavy (non-hydrogen) atoms. The summed E-state index contributed by atoms with van der Waals surface area (Å²) >= 11 is 0. The molecule has 3 aromatic carbocycles. The third kappa shape index (κ3) is 4.19. The maximum Gasteiger partial charge on any atom is 0.264 e. The van der Waals surface area contributed by atoms with Gasteiger partial charge in [0.05, 0.1) is 30.8 Å². The minimum Gasteiger partial charge on any atom is -0.497 e. The number of ether oxygens (including phenoxy) is 2. The van der Waals surface area contributed by atoms with E-state index < -0.39 is 21.9 Å². The summed E-state index contributed by atoms with van der Waals surface area (Å²) < 4.78 is 53.1. The largest absolute Gasteiger partial charge is 0.497 e. The molecule has 0 aromatic heterocycles. The fraction of sp³-hybridized carbons (Fsp3) is 0.182.